The standard InChI is InChI=1S/C13H12ClN5O2/c1-20-7-3-4-10(21-2)9(5-7)16-11-8-6-15-19-12(8)18-13(14)17-11/h3-6H,1-2H3,(H2,15,16,17,18,19). The molecule has 0 bridgehead atoms. The van der Waals surface area contributed by atoms with E-state index in [1.165, 1.54) is 0 Å². The molecule has 2 N–H and O–H groups in total. The maximum absolute atomic E-state index is 5.91. The van der Waals surface area contributed by atoms with Gasteiger partial charge >= 0.3 is 0 Å². The number of aromatic nitrogens is 4. The van der Waals surface area contributed by atoms with E-state index in [0.29, 0.717) is 28.7 Å². The summed E-state index contributed by atoms with van der Waals surface area (Å²) in [4.78, 5) is 8.24. The zero-order valence-corrected chi connectivity index (χ0v) is 12.1. The van der Waals surface area contributed by atoms with Crippen LogP contribution in [0.3, 0.4) is 0 Å². The van der Waals surface area contributed by atoms with E-state index in [2.05, 4.69) is 25.5 Å². The van der Waals surface area contributed by atoms with Crippen LogP contribution in [0, 0.1) is 0 Å². The van der Waals surface area contributed by atoms with Crippen LogP contribution in [0.5, 0.6) is 11.5 Å². The maximum Gasteiger partial charge on any atom is 0.226 e. The van der Waals surface area contributed by atoms with E-state index in [-0.39, 0.29) is 5.28 Å². The molecule has 21 heavy (non-hydrogen) atoms. The van der Waals surface area contributed by atoms with Crippen molar-refractivity contribution < 1.29 is 9.47 Å². The van der Waals surface area contributed by atoms with E-state index in [4.69, 9.17) is 21.1 Å². The van der Waals surface area contributed by atoms with Gasteiger partial charge in [-0.05, 0) is 23.7 Å². The number of methoxy groups -OCH3 is 2. The molecule has 0 radical (unpaired) electrons. The second-order valence-electron chi connectivity index (χ2n) is 4.16. The molecule has 8 heteroatoms. The van der Waals surface area contributed by atoms with Crippen molar-refractivity contribution >= 4 is 34.1 Å². The molecule has 1 aromatic carbocycles. The Morgan fingerprint density at radius 3 is 2.81 bits per heavy atom. The van der Waals surface area contributed by atoms with Gasteiger partial charge in [0.1, 0.15) is 17.3 Å². The second kappa shape index (κ2) is 5.45. The van der Waals surface area contributed by atoms with Crippen LogP contribution in [0.1, 0.15) is 0 Å². The van der Waals surface area contributed by atoms with Crippen LogP contribution in [0.2, 0.25) is 5.28 Å². The van der Waals surface area contributed by atoms with Crippen molar-refractivity contribution in [3.8, 4) is 11.5 Å². The minimum absolute atomic E-state index is 0.121. The number of rotatable bonds is 4. The molecule has 108 valence electrons. The first-order valence-corrected chi connectivity index (χ1v) is 6.44. The number of ether oxygens (including phenoxy) is 2. The second-order valence-corrected chi connectivity index (χ2v) is 4.50. The minimum atomic E-state index is 0.121. The topological polar surface area (TPSA) is 85.0 Å². The number of fused-ring (bicyclic) bond motifs is 1. The average Bonchev–Trinajstić information content (AvgIpc) is 2.95. The fraction of sp³-hybridized carbons (Fsp3) is 0.154. The lowest BCUT2D eigenvalue weighted by molar-refractivity contribution is 0.405. The van der Waals surface area contributed by atoms with Gasteiger partial charge in [-0.2, -0.15) is 15.1 Å². The number of nitrogens with zero attached hydrogens (tertiary/aromatic N) is 3. The number of nitrogens with one attached hydrogen (secondary N) is 2. The quantitative estimate of drug-likeness (QED) is 0.721. The van der Waals surface area contributed by atoms with Crippen LogP contribution in [0.4, 0.5) is 11.5 Å². The number of anilines is 2. The molecular weight excluding hydrogens is 294 g/mol. The van der Waals surface area contributed by atoms with Gasteiger partial charge in [-0.15, -0.1) is 0 Å². The zero-order chi connectivity index (χ0) is 14.8. The number of halogens is 1. The van der Waals surface area contributed by atoms with Crippen molar-refractivity contribution in [2.75, 3.05) is 19.5 Å². The predicted molar refractivity (Wildman–Crippen MR) is 79.5 cm³/mol. The Bertz CT molecular complexity index is 789. The fourth-order valence-electron chi connectivity index (χ4n) is 1.94. The SMILES string of the molecule is COc1ccc(OC)c(Nc2nc(Cl)nc3[nH]ncc23)c1. The van der Waals surface area contributed by atoms with Crippen LogP contribution >= 0.6 is 11.6 Å². The van der Waals surface area contributed by atoms with E-state index >= 15 is 0 Å². The highest BCUT2D eigenvalue weighted by Gasteiger charge is 2.12. The van der Waals surface area contributed by atoms with E-state index < -0.39 is 0 Å². The monoisotopic (exact) mass is 305 g/mol. The van der Waals surface area contributed by atoms with Gasteiger partial charge in [0.25, 0.3) is 0 Å². The van der Waals surface area contributed by atoms with Gasteiger partial charge in [0.05, 0.1) is 31.5 Å². The van der Waals surface area contributed by atoms with Gasteiger partial charge in [-0.1, -0.05) is 0 Å². The molecule has 0 spiro atoms. The summed E-state index contributed by atoms with van der Waals surface area (Å²) in [6.07, 6.45) is 1.63. The average molecular weight is 306 g/mol. The molecule has 0 amide bonds. The lowest BCUT2D eigenvalue weighted by atomic mass is 10.2. The first kappa shape index (κ1) is 13.4. The molecule has 0 fully saturated rings. The van der Waals surface area contributed by atoms with Crippen LogP contribution < -0.4 is 14.8 Å². The van der Waals surface area contributed by atoms with Crippen molar-refractivity contribution in [3.63, 3.8) is 0 Å². The molecule has 0 aliphatic heterocycles. The molecule has 0 saturated carbocycles. The molecule has 3 rings (SSSR count). The highest BCUT2D eigenvalue weighted by molar-refractivity contribution is 6.28. The number of hydrogen-bond acceptors (Lipinski definition) is 6. The Hall–Kier alpha value is -2.54. The number of benzene rings is 1. The number of aromatic amines is 1. The Balaban J connectivity index is 2.07. The number of hydrogen-bond donors (Lipinski definition) is 2. The summed E-state index contributed by atoms with van der Waals surface area (Å²) in [5, 5.41) is 10.7. The molecule has 3 aromatic rings. The van der Waals surface area contributed by atoms with E-state index in [1.807, 2.05) is 6.07 Å². The summed E-state index contributed by atoms with van der Waals surface area (Å²) in [5.41, 5.74) is 1.26. The Labute approximate surface area is 125 Å². The first-order valence-electron chi connectivity index (χ1n) is 6.07. The smallest absolute Gasteiger partial charge is 0.226 e. The van der Waals surface area contributed by atoms with E-state index in [1.54, 1.807) is 32.5 Å². The van der Waals surface area contributed by atoms with Crippen molar-refractivity contribution in [1.29, 1.82) is 0 Å². The maximum atomic E-state index is 5.91. The Morgan fingerprint density at radius 1 is 1.19 bits per heavy atom. The van der Waals surface area contributed by atoms with E-state index in [9.17, 15) is 0 Å². The van der Waals surface area contributed by atoms with Crippen LogP contribution in [-0.2, 0) is 0 Å². The third kappa shape index (κ3) is 2.55. The molecule has 7 nitrogen and oxygen atoms in total. The summed E-state index contributed by atoms with van der Waals surface area (Å²) in [6.45, 7) is 0. The zero-order valence-electron chi connectivity index (χ0n) is 11.3. The largest absolute Gasteiger partial charge is 0.497 e. The van der Waals surface area contributed by atoms with Crippen LogP contribution in [-0.4, -0.2) is 34.4 Å². The van der Waals surface area contributed by atoms with Crippen molar-refractivity contribution in [3.05, 3.63) is 29.7 Å². The number of H-pyrrole nitrogens is 1. The van der Waals surface area contributed by atoms with Crippen LogP contribution in [0.15, 0.2) is 24.4 Å². The molecule has 0 aliphatic carbocycles. The first-order chi connectivity index (χ1) is 10.2. The van der Waals surface area contributed by atoms with Crippen LogP contribution in [0.25, 0.3) is 11.0 Å². The highest BCUT2D eigenvalue weighted by Crippen LogP contribution is 2.33. The molecule has 0 atom stereocenters. The summed E-state index contributed by atoms with van der Waals surface area (Å²) < 4.78 is 10.5. The fourth-order valence-corrected chi connectivity index (χ4v) is 2.11. The van der Waals surface area contributed by atoms with Gasteiger partial charge in [0.2, 0.25) is 5.28 Å². The molecule has 0 unspecified atom stereocenters. The third-order valence-corrected chi connectivity index (χ3v) is 3.11. The van der Waals surface area contributed by atoms with Crippen molar-refractivity contribution in [1.82, 2.24) is 20.2 Å². The normalized spacial score (nSPS) is 10.6. The van der Waals surface area contributed by atoms with Gasteiger partial charge in [0.15, 0.2) is 5.65 Å². The lowest BCUT2D eigenvalue weighted by Gasteiger charge is -2.12. The molecule has 2 heterocycles. The minimum Gasteiger partial charge on any atom is -0.497 e. The van der Waals surface area contributed by atoms with E-state index in [0.717, 1.165) is 5.39 Å². The lowest BCUT2D eigenvalue weighted by Crippen LogP contribution is -1.99. The van der Waals surface area contributed by atoms with Gasteiger partial charge < -0.3 is 14.8 Å². The van der Waals surface area contributed by atoms with Gasteiger partial charge in [-0.3, -0.25) is 5.10 Å². The Morgan fingerprint density at radius 2 is 2.05 bits per heavy atom. The van der Waals surface area contributed by atoms with Crippen molar-refractivity contribution in [2.45, 2.75) is 0 Å². The highest BCUT2D eigenvalue weighted by atomic mass is 35.5. The molecule has 2 aromatic heterocycles. The summed E-state index contributed by atoms with van der Waals surface area (Å²) in [6, 6.07) is 5.42. The summed E-state index contributed by atoms with van der Waals surface area (Å²) >= 11 is 5.91. The van der Waals surface area contributed by atoms with Gasteiger partial charge in [0, 0.05) is 6.07 Å². The van der Waals surface area contributed by atoms with Gasteiger partial charge in [-0.25, -0.2) is 0 Å². The third-order valence-electron chi connectivity index (χ3n) is 2.94. The molecular formula is C13H12ClN5O2. The predicted octanol–water partition coefficient (Wildman–Crippen LogP) is 2.77. The molecule has 0 aliphatic rings. The summed E-state index contributed by atoms with van der Waals surface area (Å²) in [5.74, 6) is 1.88. The summed E-state index contributed by atoms with van der Waals surface area (Å²) in [7, 11) is 3.19. The molecule has 0 saturated heterocycles. The Kier molecular flexibility index (Phi) is 3.49. The van der Waals surface area contributed by atoms with Crippen molar-refractivity contribution in [2.24, 2.45) is 0 Å².